The van der Waals surface area contributed by atoms with Gasteiger partial charge >= 0.3 is 5.69 Å². The number of ether oxygens (including phenoxy) is 2. The molecule has 1 aliphatic heterocycles. The van der Waals surface area contributed by atoms with Crippen molar-refractivity contribution < 1.29 is 14.6 Å². The molecule has 0 amide bonds. The van der Waals surface area contributed by atoms with Crippen LogP contribution in [0.1, 0.15) is 5.82 Å². The van der Waals surface area contributed by atoms with E-state index < -0.39 is 17.4 Å². The molecule has 2 aromatic heterocycles. The Morgan fingerprint density at radius 2 is 1.88 bits per heavy atom. The standard InChI is InChI=1S/C16H25N5O5/c1-18-14-13(15(23)19(2)16(18)24)21(12(17-14)10-25-3)9-11(22)8-20-4-6-26-7-5-20/h11,22H,4-10H2,1-3H3/t11-/m0/s1. The smallest absolute Gasteiger partial charge is 0.332 e. The van der Waals surface area contributed by atoms with Gasteiger partial charge in [0.05, 0.1) is 25.9 Å². The maximum atomic E-state index is 12.7. The topological polar surface area (TPSA) is 104 Å². The van der Waals surface area contributed by atoms with Crippen LogP contribution in [0.2, 0.25) is 0 Å². The normalized spacial score (nSPS) is 17.1. The Kier molecular flexibility index (Phi) is 5.56. The lowest BCUT2D eigenvalue weighted by atomic mass is 10.3. The molecule has 1 fully saturated rings. The van der Waals surface area contributed by atoms with Gasteiger partial charge in [0, 0.05) is 40.8 Å². The minimum Gasteiger partial charge on any atom is -0.390 e. The van der Waals surface area contributed by atoms with E-state index in [0.29, 0.717) is 36.7 Å². The second kappa shape index (κ2) is 7.70. The number of morpholine rings is 1. The molecule has 1 aliphatic rings. The minimum atomic E-state index is -0.692. The number of hydrogen-bond acceptors (Lipinski definition) is 7. The first kappa shape index (κ1) is 18.8. The highest BCUT2D eigenvalue weighted by molar-refractivity contribution is 5.71. The van der Waals surface area contributed by atoms with Crippen molar-refractivity contribution in [2.45, 2.75) is 19.3 Å². The Hall–Kier alpha value is -2.01. The van der Waals surface area contributed by atoms with Crippen LogP contribution in [0.15, 0.2) is 9.59 Å². The van der Waals surface area contributed by atoms with Crippen molar-refractivity contribution in [1.29, 1.82) is 0 Å². The first-order chi connectivity index (χ1) is 12.4. The molecule has 2 aromatic rings. The van der Waals surface area contributed by atoms with Crippen molar-refractivity contribution in [1.82, 2.24) is 23.6 Å². The first-order valence-corrected chi connectivity index (χ1v) is 8.56. The highest BCUT2D eigenvalue weighted by atomic mass is 16.5. The quantitative estimate of drug-likeness (QED) is 0.647. The first-order valence-electron chi connectivity index (χ1n) is 8.56. The zero-order valence-corrected chi connectivity index (χ0v) is 15.3. The summed E-state index contributed by atoms with van der Waals surface area (Å²) in [6.07, 6.45) is -0.692. The number of aromatic nitrogens is 4. The van der Waals surface area contributed by atoms with Gasteiger partial charge in [-0.15, -0.1) is 0 Å². The van der Waals surface area contributed by atoms with Crippen LogP contribution in [0.5, 0.6) is 0 Å². The van der Waals surface area contributed by atoms with Gasteiger partial charge in [0.25, 0.3) is 5.56 Å². The Labute approximate surface area is 150 Å². The summed E-state index contributed by atoms with van der Waals surface area (Å²) in [7, 11) is 4.54. The van der Waals surface area contributed by atoms with Crippen molar-refractivity contribution in [3.63, 3.8) is 0 Å². The van der Waals surface area contributed by atoms with Crippen LogP contribution in [0.25, 0.3) is 11.2 Å². The second-order valence-corrected chi connectivity index (χ2v) is 6.52. The summed E-state index contributed by atoms with van der Waals surface area (Å²) in [4.78, 5) is 31.3. The maximum Gasteiger partial charge on any atom is 0.332 e. The third-order valence-corrected chi connectivity index (χ3v) is 4.67. The van der Waals surface area contributed by atoms with Gasteiger partial charge < -0.3 is 19.1 Å². The fourth-order valence-corrected chi connectivity index (χ4v) is 3.28. The molecule has 3 heterocycles. The molecule has 0 aliphatic carbocycles. The molecule has 1 N–H and O–H groups in total. The number of imidazole rings is 1. The molecule has 3 rings (SSSR count). The molecule has 0 radical (unpaired) electrons. The Morgan fingerprint density at radius 3 is 2.54 bits per heavy atom. The van der Waals surface area contributed by atoms with Crippen molar-refractivity contribution >= 4 is 11.2 Å². The molecular formula is C16H25N5O5. The third-order valence-electron chi connectivity index (χ3n) is 4.67. The molecule has 0 saturated carbocycles. The molecule has 144 valence electrons. The summed E-state index contributed by atoms with van der Waals surface area (Å²) in [5.74, 6) is 0.502. The third kappa shape index (κ3) is 3.45. The average molecular weight is 367 g/mol. The maximum absolute atomic E-state index is 12.7. The molecule has 26 heavy (non-hydrogen) atoms. The van der Waals surface area contributed by atoms with Crippen molar-refractivity contribution in [2.24, 2.45) is 14.1 Å². The predicted octanol–water partition coefficient (Wildman–Crippen LogP) is -1.73. The fourth-order valence-electron chi connectivity index (χ4n) is 3.28. The van der Waals surface area contributed by atoms with Gasteiger partial charge in [0.2, 0.25) is 0 Å². The summed E-state index contributed by atoms with van der Waals surface area (Å²) >= 11 is 0. The summed E-state index contributed by atoms with van der Waals surface area (Å²) in [5.41, 5.74) is -0.284. The van der Waals surface area contributed by atoms with Crippen LogP contribution in [-0.2, 0) is 36.7 Å². The Bertz CT molecular complexity index is 893. The van der Waals surface area contributed by atoms with E-state index in [1.54, 1.807) is 11.6 Å². The number of aryl methyl sites for hydroxylation is 1. The molecule has 1 atom stereocenters. The number of aliphatic hydroxyl groups is 1. The van der Waals surface area contributed by atoms with Crippen LogP contribution in [0.4, 0.5) is 0 Å². The average Bonchev–Trinajstić information content (AvgIpc) is 2.97. The van der Waals surface area contributed by atoms with E-state index in [-0.39, 0.29) is 13.2 Å². The lowest BCUT2D eigenvalue weighted by molar-refractivity contribution is 0.0113. The molecular weight excluding hydrogens is 342 g/mol. The van der Waals surface area contributed by atoms with Gasteiger partial charge in [-0.3, -0.25) is 18.8 Å². The largest absolute Gasteiger partial charge is 0.390 e. The number of rotatable bonds is 6. The number of aliphatic hydroxyl groups excluding tert-OH is 1. The summed E-state index contributed by atoms with van der Waals surface area (Å²) in [6, 6.07) is 0. The lowest BCUT2D eigenvalue weighted by Gasteiger charge is -2.28. The Balaban J connectivity index is 1.98. The predicted molar refractivity (Wildman–Crippen MR) is 94.2 cm³/mol. The van der Waals surface area contributed by atoms with E-state index in [0.717, 1.165) is 17.7 Å². The number of fused-ring (bicyclic) bond motifs is 1. The molecule has 10 nitrogen and oxygen atoms in total. The van der Waals surface area contributed by atoms with Gasteiger partial charge in [-0.1, -0.05) is 0 Å². The zero-order valence-electron chi connectivity index (χ0n) is 15.3. The lowest BCUT2D eigenvalue weighted by Crippen LogP contribution is -2.42. The Morgan fingerprint density at radius 1 is 1.19 bits per heavy atom. The van der Waals surface area contributed by atoms with E-state index in [1.807, 2.05) is 0 Å². The molecule has 10 heteroatoms. The molecule has 0 spiro atoms. The monoisotopic (exact) mass is 367 g/mol. The highest BCUT2D eigenvalue weighted by Crippen LogP contribution is 2.13. The second-order valence-electron chi connectivity index (χ2n) is 6.52. The van der Waals surface area contributed by atoms with Crippen LogP contribution >= 0.6 is 0 Å². The molecule has 0 bridgehead atoms. The van der Waals surface area contributed by atoms with Gasteiger partial charge in [0.1, 0.15) is 12.4 Å². The number of β-amino-alcohol motifs (C(OH)–C–C–N with tert-alkyl or cyclic N) is 1. The summed E-state index contributed by atoms with van der Waals surface area (Å²) in [5, 5.41) is 10.6. The molecule has 0 unspecified atom stereocenters. The summed E-state index contributed by atoms with van der Waals surface area (Å²) < 4.78 is 14.5. The van der Waals surface area contributed by atoms with Crippen LogP contribution < -0.4 is 11.2 Å². The van der Waals surface area contributed by atoms with E-state index >= 15 is 0 Å². The SMILES string of the molecule is COCc1nc2c(c(=O)n(C)c(=O)n2C)n1C[C@@H](O)CN1CCOCC1. The molecule has 1 saturated heterocycles. The van der Waals surface area contributed by atoms with Gasteiger partial charge in [-0.25, -0.2) is 9.78 Å². The molecule has 0 aromatic carbocycles. The van der Waals surface area contributed by atoms with Crippen LogP contribution in [0.3, 0.4) is 0 Å². The zero-order chi connectivity index (χ0) is 18.8. The van der Waals surface area contributed by atoms with Crippen molar-refractivity contribution in [3.05, 3.63) is 26.7 Å². The van der Waals surface area contributed by atoms with Gasteiger partial charge in [0.15, 0.2) is 11.2 Å². The van der Waals surface area contributed by atoms with Gasteiger partial charge in [-0.2, -0.15) is 0 Å². The van der Waals surface area contributed by atoms with E-state index in [9.17, 15) is 14.7 Å². The van der Waals surface area contributed by atoms with Crippen LogP contribution in [-0.4, -0.2) is 74.8 Å². The number of methoxy groups -OCH3 is 1. The van der Waals surface area contributed by atoms with Crippen LogP contribution in [0, 0.1) is 0 Å². The van der Waals surface area contributed by atoms with Crippen molar-refractivity contribution in [2.75, 3.05) is 40.0 Å². The summed E-state index contributed by atoms with van der Waals surface area (Å²) in [6.45, 7) is 3.68. The highest BCUT2D eigenvalue weighted by Gasteiger charge is 2.22. The number of nitrogens with zero attached hydrogens (tertiary/aromatic N) is 5. The van der Waals surface area contributed by atoms with E-state index in [2.05, 4.69) is 9.88 Å². The van der Waals surface area contributed by atoms with E-state index in [1.165, 1.54) is 18.7 Å². The minimum absolute atomic E-state index is 0.177. The van der Waals surface area contributed by atoms with Gasteiger partial charge in [-0.05, 0) is 0 Å². The van der Waals surface area contributed by atoms with Crippen molar-refractivity contribution in [3.8, 4) is 0 Å². The van der Waals surface area contributed by atoms with E-state index in [4.69, 9.17) is 9.47 Å². The fraction of sp³-hybridized carbons (Fsp3) is 0.688. The number of hydrogen-bond donors (Lipinski definition) is 1.